The largest absolute Gasteiger partial charge is 0.481 e. The van der Waals surface area contributed by atoms with Crippen LogP contribution in [0.5, 0.6) is 0 Å². The van der Waals surface area contributed by atoms with Crippen LogP contribution in [0.4, 0.5) is 0 Å². The first-order chi connectivity index (χ1) is 8.51. The Bertz CT molecular complexity index is 423. The van der Waals surface area contributed by atoms with E-state index < -0.39 is 11.9 Å². The molecule has 0 fully saturated rings. The minimum absolute atomic E-state index is 0.0563. The number of carboxylic acid groups (broad SMARTS) is 1. The van der Waals surface area contributed by atoms with E-state index in [0.29, 0.717) is 16.5 Å². The van der Waals surface area contributed by atoms with Gasteiger partial charge in [-0.05, 0) is 30.4 Å². The molecule has 3 N–H and O–H groups in total. The fraction of sp³-hybridized carbons (Fsp3) is 0.462. The van der Waals surface area contributed by atoms with Crippen molar-refractivity contribution < 1.29 is 9.90 Å². The van der Waals surface area contributed by atoms with Crippen LogP contribution in [0.25, 0.3) is 0 Å². The fourth-order valence-electron chi connectivity index (χ4n) is 1.99. The molecule has 2 atom stereocenters. The van der Waals surface area contributed by atoms with Gasteiger partial charge in [-0.2, -0.15) is 0 Å². The van der Waals surface area contributed by atoms with E-state index in [-0.39, 0.29) is 12.5 Å². The molecule has 0 amide bonds. The van der Waals surface area contributed by atoms with Gasteiger partial charge in [-0.1, -0.05) is 42.3 Å². The molecule has 1 rings (SSSR count). The summed E-state index contributed by atoms with van der Waals surface area (Å²) in [7, 11) is 0. The number of hydrogen-bond donors (Lipinski definition) is 2. The highest BCUT2D eigenvalue weighted by atomic mass is 35.5. The lowest BCUT2D eigenvalue weighted by Gasteiger charge is -2.20. The van der Waals surface area contributed by atoms with E-state index in [0.717, 1.165) is 12.0 Å². The molecule has 2 unspecified atom stereocenters. The predicted molar refractivity (Wildman–Crippen MR) is 74.3 cm³/mol. The smallest absolute Gasteiger partial charge is 0.307 e. The zero-order chi connectivity index (χ0) is 13.7. The molecular weight excluding hydrogens is 273 g/mol. The van der Waals surface area contributed by atoms with Crippen molar-refractivity contribution >= 4 is 29.2 Å². The molecule has 0 saturated heterocycles. The van der Waals surface area contributed by atoms with Crippen molar-refractivity contribution in [1.29, 1.82) is 0 Å². The summed E-state index contributed by atoms with van der Waals surface area (Å²) in [6.07, 6.45) is 1.27. The molecule has 0 bridgehead atoms. The summed E-state index contributed by atoms with van der Waals surface area (Å²) in [6, 6.07) is 5.43. The van der Waals surface area contributed by atoms with Crippen LogP contribution in [0.1, 0.15) is 31.2 Å². The third-order valence-electron chi connectivity index (χ3n) is 3.12. The van der Waals surface area contributed by atoms with Crippen molar-refractivity contribution in [3.05, 3.63) is 33.8 Å². The third kappa shape index (κ3) is 3.61. The predicted octanol–water partition coefficient (Wildman–Crippen LogP) is 3.54. The molecule has 0 radical (unpaired) electrons. The van der Waals surface area contributed by atoms with E-state index in [1.807, 2.05) is 19.1 Å². The van der Waals surface area contributed by atoms with Gasteiger partial charge < -0.3 is 10.8 Å². The van der Waals surface area contributed by atoms with Gasteiger partial charge in [0, 0.05) is 6.54 Å². The van der Waals surface area contributed by atoms with Crippen LogP contribution in [-0.4, -0.2) is 17.6 Å². The van der Waals surface area contributed by atoms with Gasteiger partial charge in [0.15, 0.2) is 0 Å². The summed E-state index contributed by atoms with van der Waals surface area (Å²) in [5, 5.41) is 10.0. The van der Waals surface area contributed by atoms with E-state index in [1.165, 1.54) is 0 Å². The Balaban J connectivity index is 2.96. The lowest BCUT2D eigenvalue weighted by atomic mass is 9.87. The Hall–Kier alpha value is -0.770. The highest BCUT2D eigenvalue weighted by molar-refractivity contribution is 6.42. The molecule has 3 nitrogen and oxygen atoms in total. The highest BCUT2D eigenvalue weighted by Gasteiger charge is 2.23. The zero-order valence-electron chi connectivity index (χ0n) is 10.2. The molecule has 1 aromatic carbocycles. The third-order valence-corrected chi connectivity index (χ3v) is 3.95. The summed E-state index contributed by atoms with van der Waals surface area (Å²) in [5.41, 5.74) is 6.38. The number of nitrogens with two attached hydrogens (primary N) is 1. The molecule has 5 heteroatoms. The first-order valence-corrected chi connectivity index (χ1v) is 6.63. The maximum Gasteiger partial charge on any atom is 0.307 e. The standard InChI is InChI=1S/C13H17Cl2NO2/c1-2-8(6-9(7-16)13(17)18)10-4-3-5-11(14)12(10)15/h3-5,8-9H,2,6-7,16H2,1H3,(H,17,18). The van der Waals surface area contributed by atoms with Gasteiger partial charge in [-0.25, -0.2) is 0 Å². The summed E-state index contributed by atoms with van der Waals surface area (Å²) in [4.78, 5) is 11.0. The van der Waals surface area contributed by atoms with Crippen LogP contribution in [-0.2, 0) is 4.79 Å². The number of carbonyl (C=O) groups is 1. The number of hydrogen-bond acceptors (Lipinski definition) is 2. The molecule has 0 aliphatic carbocycles. The van der Waals surface area contributed by atoms with E-state index in [4.69, 9.17) is 34.0 Å². The van der Waals surface area contributed by atoms with Crippen LogP contribution in [0.2, 0.25) is 10.0 Å². The van der Waals surface area contributed by atoms with Crippen molar-refractivity contribution in [2.75, 3.05) is 6.54 Å². The van der Waals surface area contributed by atoms with Gasteiger partial charge >= 0.3 is 5.97 Å². The molecule has 0 aromatic heterocycles. The van der Waals surface area contributed by atoms with Gasteiger partial charge in [0.2, 0.25) is 0 Å². The van der Waals surface area contributed by atoms with Crippen LogP contribution in [0.15, 0.2) is 18.2 Å². The summed E-state index contributed by atoms with van der Waals surface area (Å²) >= 11 is 12.1. The van der Waals surface area contributed by atoms with E-state index in [1.54, 1.807) is 6.07 Å². The number of rotatable bonds is 6. The number of halogens is 2. The minimum Gasteiger partial charge on any atom is -0.481 e. The maximum absolute atomic E-state index is 11.0. The Kier molecular flexibility index (Phi) is 5.93. The molecule has 0 spiro atoms. The average molecular weight is 290 g/mol. The molecule has 100 valence electrons. The van der Waals surface area contributed by atoms with Crippen molar-refractivity contribution in [3.63, 3.8) is 0 Å². The van der Waals surface area contributed by atoms with Crippen molar-refractivity contribution in [2.24, 2.45) is 11.7 Å². The van der Waals surface area contributed by atoms with E-state index in [2.05, 4.69) is 0 Å². The van der Waals surface area contributed by atoms with Gasteiger partial charge in [0.05, 0.1) is 16.0 Å². The molecule has 0 saturated carbocycles. The maximum atomic E-state index is 11.0. The topological polar surface area (TPSA) is 63.3 Å². The molecule has 0 heterocycles. The quantitative estimate of drug-likeness (QED) is 0.842. The van der Waals surface area contributed by atoms with E-state index in [9.17, 15) is 4.79 Å². The zero-order valence-corrected chi connectivity index (χ0v) is 11.7. The Morgan fingerprint density at radius 1 is 1.44 bits per heavy atom. The summed E-state index contributed by atoms with van der Waals surface area (Å²) in [5.74, 6) is -1.36. The van der Waals surface area contributed by atoms with Crippen molar-refractivity contribution in [3.8, 4) is 0 Å². The first-order valence-electron chi connectivity index (χ1n) is 5.88. The second kappa shape index (κ2) is 6.98. The van der Waals surface area contributed by atoms with Gasteiger partial charge in [-0.15, -0.1) is 0 Å². The second-order valence-electron chi connectivity index (χ2n) is 4.25. The monoisotopic (exact) mass is 289 g/mol. The summed E-state index contributed by atoms with van der Waals surface area (Å²) in [6.45, 7) is 2.13. The number of carboxylic acids is 1. The Labute approximate surface area is 117 Å². The highest BCUT2D eigenvalue weighted by Crippen LogP contribution is 2.35. The van der Waals surface area contributed by atoms with Crippen LogP contribution < -0.4 is 5.73 Å². The first kappa shape index (κ1) is 15.3. The Morgan fingerprint density at radius 2 is 2.11 bits per heavy atom. The lowest BCUT2D eigenvalue weighted by Crippen LogP contribution is -2.25. The SMILES string of the molecule is CCC(CC(CN)C(=O)O)c1cccc(Cl)c1Cl. The van der Waals surface area contributed by atoms with Crippen molar-refractivity contribution in [2.45, 2.75) is 25.7 Å². The number of benzene rings is 1. The molecule has 18 heavy (non-hydrogen) atoms. The molecule has 0 aliphatic rings. The average Bonchev–Trinajstić information content (AvgIpc) is 2.34. The minimum atomic E-state index is -0.867. The Morgan fingerprint density at radius 3 is 2.61 bits per heavy atom. The van der Waals surface area contributed by atoms with E-state index >= 15 is 0 Å². The van der Waals surface area contributed by atoms with Gasteiger partial charge in [0.1, 0.15) is 0 Å². The molecule has 0 aliphatic heterocycles. The normalized spacial score (nSPS) is 14.2. The second-order valence-corrected chi connectivity index (χ2v) is 5.04. The van der Waals surface area contributed by atoms with Crippen molar-refractivity contribution in [1.82, 2.24) is 0 Å². The van der Waals surface area contributed by atoms with Crippen LogP contribution in [0.3, 0.4) is 0 Å². The lowest BCUT2D eigenvalue weighted by molar-refractivity contribution is -0.141. The van der Waals surface area contributed by atoms with Gasteiger partial charge in [0.25, 0.3) is 0 Å². The van der Waals surface area contributed by atoms with Crippen LogP contribution in [0, 0.1) is 5.92 Å². The van der Waals surface area contributed by atoms with Gasteiger partial charge in [-0.3, -0.25) is 4.79 Å². The fourth-order valence-corrected chi connectivity index (χ4v) is 2.45. The molecule has 1 aromatic rings. The van der Waals surface area contributed by atoms with Crippen LogP contribution >= 0.6 is 23.2 Å². The summed E-state index contributed by atoms with van der Waals surface area (Å²) < 4.78 is 0. The molecular formula is C13H17Cl2NO2. The number of aliphatic carboxylic acids is 1.